The summed E-state index contributed by atoms with van der Waals surface area (Å²) in [5, 5.41) is 3.41. The van der Waals surface area contributed by atoms with Crippen LogP contribution in [0.3, 0.4) is 0 Å². The standard InChI is InChI=1S/C23H24N2O6S/c26-22(16-30-19-10-8-17-9-11-23(27)31-21(17)15-19)24-18-6-5-7-20(14-18)32(28,29)25-12-3-1-2-4-13-25/h5-11,14-15H,1-4,12-13,16H2,(H,24,26). The number of rotatable bonds is 6. The van der Waals surface area contributed by atoms with Gasteiger partial charge in [-0.25, -0.2) is 13.2 Å². The van der Waals surface area contributed by atoms with Gasteiger partial charge in [-0.15, -0.1) is 0 Å². The average Bonchev–Trinajstić information content (AvgIpc) is 3.08. The number of carbonyl (C=O) groups is 1. The van der Waals surface area contributed by atoms with E-state index in [4.69, 9.17) is 9.15 Å². The Balaban J connectivity index is 1.41. The molecule has 1 aliphatic rings. The van der Waals surface area contributed by atoms with Crippen LogP contribution >= 0.6 is 0 Å². The highest BCUT2D eigenvalue weighted by molar-refractivity contribution is 7.89. The van der Waals surface area contributed by atoms with Gasteiger partial charge in [0.1, 0.15) is 11.3 Å². The molecule has 1 aromatic heterocycles. The van der Waals surface area contributed by atoms with E-state index >= 15 is 0 Å². The van der Waals surface area contributed by atoms with Crippen molar-refractivity contribution in [2.75, 3.05) is 25.0 Å². The highest BCUT2D eigenvalue weighted by atomic mass is 32.2. The van der Waals surface area contributed by atoms with Gasteiger partial charge < -0.3 is 14.5 Å². The highest BCUT2D eigenvalue weighted by Gasteiger charge is 2.25. The van der Waals surface area contributed by atoms with Crippen LogP contribution in [0.15, 0.2) is 68.7 Å². The predicted molar refractivity (Wildman–Crippen MR) is 120 cm³/mol. The van der Waals surface area contributed by atoms with Crippen molar-refractivity contribution in [1.82, 2.24) is 4.31 Å². The molecular formula is C23H24N2O6S. The zero-order valence-corrected chi connectivity index (χ0v) is 18.3. The molecule has 8 nitrogen and oxygen atoms in total. The molecule has 4 rings (SSSR count). The van der Waals surface area contributed by atoms with E-state index in [9.17, 15) is 18.0 Å². The summed E-state index contributed by atoms with van der Waals surface area (Å²) in [6.45, 7) is 0.739. The molecular weight excluding hydrogens is 432 g/mol. The van der Waals surface area contributed by atoms with Crippen molar-refractivity contribution < 1.29 is 22.4 Å². The quantitative estimate of drug-likeness (QED) is 0.570. The van der Waals surface area contributed by atoms with Crippen molar-refractivity contribution in [3.05, 3.63) is 65.0 Å². The molecule has 1 aliphatic heterocycles. The Labute approximate surface area is 185 Å². The lowest BCUT2D eigenvalue weighted by Gasteiger charge is -2.20. The van der Waals surface area contributed by atoms with Gasteiger partial charge in [0.05, 0.1) is 4.90 Å². The Kier molecular flexibility index (Phi) is 6.57. The van der Waals surface area contributed by atoms with Crippen LogP contribution in [0, 0.1) is 0 Å². The summed E-state index contributed by atoms with van der Waals surface area (Å²) in [6.07, 6.45) is 3.77. The van der Waals surface area contributed by atoms with Crippen molar-refractivity contribution in [2.24, 2.45) is 0 Å². The Bertz CT molecular complexity index is 1280. The molecule has 0 bridgehead atoms. The first kappa shape index (κ1) is 22.0. The van der Waals surface area contributed by atoms with Crippen LogP contribution in [0.25, 0.3) is 11.0 Å². The van der Waals surface area contributed by atoms with Gasteiger partial charge in [0.2, 0.25) is 10.0 Å². The molecule has 0 atom stereocenters. The second-order valence-corrected chi connectivity index (χ2v) is 9.57. The number of anilines is 1. The van der Waals surface area contributed by atoms with E-state index in [-0.39, 0.29) is 11.5 Å². The number of fused-ring (bicyclic) bond motifs is 1. The maximum atomic E-state index is 13.0. The zero-order valence-electron chi connectivity index (χ0n) is 17.5. The van der Waals surface area contributed by atoms with Crippen LogP contribution in [-0.2, 0) is 14.8 Å². The molecule has 1 fully saturated rings. The third kappa shape index (κ3) is 5.17. The lowest BCUT2D eigenvalue weighted by Crippen LogP contribution is -2.32. The number of nitrogens with zero attached hydrogens (tertiary/aromatic N) is 1. The Morgan fingerprint density at radius 2 is 1.75 bits per heavy atom. The van der Waals surface area contributed by atoms with Crippen LogP contribution in [0.4, 0.5) is 5.69 Å². The first-order valence-corrected chi connectivity index (χ1v) is 11.9. The predicted octanol–water partition coefficient (Wildman–Crippen LogP) is 3.38. The molecule has 0 unspecified atom stereocenters. The molecule has 0 saturated carbocycles. The van der Waals surface area contributed by atoms with Gasteiger partial charge in [-0.1, -0.05) is 18.9 Å². The van der Waals surface area contributed by atoms with Crippen molar-refractivity contribution in [3.63, 3.8) is 0 Å². The number of nitrogens with one attached hydrogen (secondary N) is 1. The van der Waals surface area contributed by atoms with E-state index in [1.54, 1.807) is 36.4 Å². The first-order valence-electron chi connectivity index (χ1n) is 10.5. The summed E-state index contributed by atoms with van der Waals surface area (Å²) < 4.78 is 38.1. The highest BCUT2D eigenvalue weighted by Crippen LogP contribution is 2.23. The van der Waals surface area contributed by atoms with Crippen LogP contribution in [0.5, 0.6) is 5.75 Å². The summed E-state index contributed by atoms with van der Waals surface area (Å²) in [6, 6.07) is 14.1. The van der Waals surface area contributed by atoms with Crippen LogP contribution in [-0.4, -0.2) is 38.3 Å². The number of hydrogen-bond acceptors (Lipinski definition) is 6. The normalized spacial score (nSPS) is 15.2. The maximum absolute atomic E-state index is 13.0. The number of ether oxygens (including phenoxy) is 1. The summed E-state index contributed by atoms with van der Waals surface area (Å²) in [7, 11) is -3.61. The van der Waals surface area contributed by atoms with Gasteiger partial charge in [0.25, 0.3) is 5.91 Å². The van der Waals surface area contributed by atoms with Gasteiger partial charge in [-0.2, -0.15) is 4.31 Å². The van der Waals surface area contributed by atoms with Gasteiger partial charge in [0.15, 0.2) is 6.61 Å². The molecule has 9 heteroatoms. The smallest absolute Gasteiger partial charge is 0.336 e. The minimum absolute atomic E-state index is 0.155. The molecule has 0 spiro atoms. The van der Waals surface area contributed by atoms with Crippen molar-refractivity contribution in [2.45, 2.75) is 30.6 Å². The molecule has 3 aromatic rings. The summed E-state index contributed by atoms with van der Waals surface area (Å²) in [5.41, 5.74) is 0.267. The third-order valence-electron chi connectivity index (χ3n) is 5.29. The SMILES string of the molecule is O=C(COc1ccc2ccc(=O)oc2c1)Nc1cccc(S(=O)(=O)N2CCCCCC2)c1. The molecule has 2 heterocycles. The van der Waals surface area contributed by atoms with E-state index < -0.39 is 21.6 Å². The number of benzene rings is 2. The van der Waals surface area contributed by atoms with E-state index in [1.807, 2.05) is 0 Å². The summed E-state index contributed by atoms with van der Waals surface area (Å²) in [4.78, 5) is 23.9. The van der Waals surface area contributed by atoms with Gasteiger partial charge in [-0.05, 0) is 49.2 Å². The minimum Gasteiger partial charge on any atom is -0.484 e. The molecule has 1 N–H and O–H groups in total. The van der Waals surface area contributed by atoms with Crippen LogP contribution < -0.4 is 15.7 Å². The fourth-order valence-corrected chi connectivity index (χ4v) is 5.21. The zero-order chi connectivity index (χ0) is 22.6. The van der Waals surface area contributed by atoms with E-state index in [0.29, 0.717) is 30.1 Å². The molecule has 0 radical (unpaired) electrons. The topological polar surface area (TPSA) is 106 Å². The Hall–Kier alpha value is -3.17. The van der Waals surface area contributed by atoms with Gasteiger partial charge in [0, 0.05) is 36.3 Å². The fourth-order valence-electron chi connectivity index (χ4n) is 3.64. The molecule has 168 valence electrons. The van der Waals surface area contributed by atoms with E-state index in [2.05, 4.69) is 5.32 Å². The molecule has 1 amide bonds. The summed E-state index contributed by atoms with van der Waals surface area (Å²) >= 11 is 0. The van der Waals surface area contributed by atoms with Crippen molar-refractivity contribution in [1.29, 1.82) is 0 Å². The average molecular weight is 457 g/mol. The van der Waals surface area contributed by atoms with Gasteiger partial charge in [-0.3, -0.25) is 4.79 Å². The second-order valence-electron chi connectivity index (χ2n) is 7.64. The molecule has 32 heavy (non-hydrogen) atoms. The van der Waals surface area contributed by atoms with Crippen molar-refractivity contribution >= 4 is 32.6 Å². The number of sulfonamides is 1. The van der Waals surface area contributed by atoms with E-state index in [0.717, 1.165) is 31.1 Å². The summed E-state index contributed by atoms with van der Waals surface area (Å²) in [5.74, 6) is -0.0663. The minimum atomic E-state index is -3.61. The lowest BCUT2D eigenvalue weighted by molar-refractivity contribution is -0.118. The van der Waals surface area contributed by atoms with Crippen LogP contribution in [0.1, 0.15) is 25.7 Å². The largest absolute Gasteiger partial charge is 0.484 e. The second kappa shape index (κ2) is 9.54. The maximum Gasteiger partial charge on any atom is 0.336 e. The number of carbonyl (C=O) groups excluding carboxylic acids is 1. The van der Waals surface area contributed by atoms with E-state index in [1.165, 1.54) is 22.5 Å². The lowest BCUT2D eigenvalue weighted by atomic mass is 10.2. The molecule has 0 aliphatic carbocycles. The van der Waals surface area contributed by atoms with Crippen LogP contribution in [0.2, 0.25) is 0 Å². The number of hydrogen-bond donors (Lipinski definition) is 1. The third-order valence-corrected chi connectivity index (χ3v) is 7.18. The fraction of sp³-hybridized carbons (Fsp3) is 0.304. The van der Waals surface area contributed by atoms with Gasteiger partial charge >= 0.3 is 5.63 Å². The number of amides is 1. The molecule has 1 saturated heterocycles. The van der Waals surface area contributed by atoms with Crippen molar-refractivity contribution in [3.8, 4) is 5.75 Å². The Morgan fingerprint density at radius 1 is 1.00 bits per heavy atom. The molecule has 2 aromatic carbocycles. The Morgan fingerprint density at radius 3 is 2.53 bits per heavy atom. The monoisotopic (exact) mass is 456 g/mol. The first-order chi connectivity index (χ1) is 15.4.